The third kappa shape index (κ3) is 5.06. The van der Waals surface area contributed by atoms with Gasteiger partial charge in [0.2, 0.25) is 5.91 Å². The summed E-state index contributed by atoms with van der Waals surface area (Å²) in [6.07, 6.45) is 1.54. The lowest BCUT2D eigenvalue weighted by Gasteiger charge is -2.14. The first-order valence-corrected chi connectivity index (χ1v) is 9.84. The Morgan fingerprint density at radius 2 is 1.70 bits per heavy atom. The molecular weight excluding hydrogens is 376 g/mol. The molecule has 2 N–H and O–H groups in total. The number of benzene rings is 3. The molecule has 0 saturated heterocycles. The van der Waals surface area contributed by atoms with Crippen LogP contribution in [0.15, 0.2) is 66.7 Å². The van der Waals surface area contributed by atoms with Crippen LogP contribution in [0.4, 0.5) is 11.4 Å². The highest BCUT2D eigenvalue weighted by molar-refractivity contribution is 6.08. The molecule has 0 aromatic heterocycles. The van der Waals surface area contributed by atoms with Crippen molar-refractivity contribution in [3.8, 4) is 0 Å². The van der Waals surface area contributed by atoms with Crippen molar-refractivity contribution >= 4 is 39.6 Å². The molecule has 0 heterocycles. The lowest BCUT2D eigenvalue weighted by Crippen LogP contribution is -2.15. The number of amides is 1. The summed E-state index contributed by atoms with van der Waals surface area (Å²) in [4.78, 5) is 24.8. The lowest BCUT2D eigenvalue weighted by molar-refractivity contribution is -0.111. The molecule has 0 atom stereocenters. The smallest absolute Gasteiger partial charge is 0.339 e. The largest absolute Gasteiger partial charge is 0.465 e. The minimum absolute atomic E-state index is 0.215. The number of anilines is 2. The second-order valence-corrected chi connectivity index (χ2v) is 7.43. The highest BCUT2D eigenvalue weighted by Crippen LogP contribution is 2.24. The number of fused-ring (bicyclic) bond motifs is 1. The zero-order valence-electron chi connectivity index (χ0n) is 17.7. The van der Waals surface area contributed by atoms with E-state index in [9.17, 15) is 9.59 Å². The van der Waals surface area contributed by atoms with E-state index in [-0.39, 0.29) is 11.9 Å². The molecule has 154 valence electrons. The van der Waals surface area contributed by atoms with Crippen LogP contribution in [0.2, 0.25) is 0 Å². The van der Waals surface area contributed by atoms with Gasteiger partial charge >= 0.3 is 5.97 Å². The van der Waals surface area contributed by atoms with Crippen molar-refractivity contribution < 1.29 is 14.3 Å². The van der Waals surface area contributed by atoms with E-state index in [4.69, 9.17) is 4.74 Å². The number of hydrogen-bond acceptors (Lipinski definition) is 4. The van der Waals surface area contributed by atoms with Gasteiger partial charge in [0.05, 0.1) is 18.4 Å². The minimum Gasteiger partial charge on any atom is -0.465 e. The molecule has 3 rings (SSSR count). The molecule has 0 radical (unpaired) electrons. The van der Waals surface area contributed by atoms with E-state index >= 15 is 0 Å². The Kier molecular flexibility index (Phi) is 6.52. The lowest BCUT2D eigenvalue weighted by atomic mass is 10.0. The third-order valence-corrected chi connectivity index (χ3v) is 4.69. The van der Waals surface area contributed by atoms with Crippen LogP contribution in [0.25, 0.3) is 16.3 Å². The van der Waals surface area contributed by atoms with Gasteiger partial charge in [-0.15, -0.1) is 0 Å². The average Bonchev–Trinajstić information content (AvgIpc) is 2.72. The molecule has 1 amide bonds. The fourth-order valence-electron chi connectivity index (χ4n) is 3.24. The van der Waals surface area contributed by atoms with Crippen molar-refractivity contribution in [1.82, 2.24) is 0 Å². The van der Waals surface area contributed by atoms with Crippen LogP contribution in [-0.4, -0.2) is 25.0 Å². The summed E-state index contributed by atoms with van der Waals surface area (Å²) < 4.78 is 4.84. The molecule has 0 spiro atoms. The van der Waals surface area contributed by atoms with Gasteiger partial charge in [-0.25, -0.2) is 4.79 Å². The quantitative estimate of drug-likeness (QED) is 0.423. The number of hydrogen-bond donors (Lipinski definition) is 2. The number of carbonyl (C=O) groups is 2. The molecule has 30 heavy (non-hydrogen) atoms. The number of methoxy groups -OCH3 is 1. The number of rotatable bonds is 6. The highest BCUT2D eigenvalue weighted by Gasteiger charge is 2.15. The van der Waals surface area contributed by atoms with E-state index in [1.165, 1.54) is 13.2 Å². The molecule has 5 nitrogen and oxygen atoms in total. The third-order valence-electron chi connectivity index (χ3n) is 4.69. The fraction of sp³-hybridized carbons (Fsp3) is 0.200. The molecule has 3 aromatic rings. The van der Waals surface area contributed by atoms with E-state index in [1.54, 1.807) is 18.2 Å². The predicted molar refractivity (Wildman–Crippen MR) is 123 cm³/mol. The van der Waals surface area contributed by atoms with Crippen LogP contribution in [0.3, 0.4) is 0 Å². The zero-order valence-corrected chi connectivity index (χ0v) is 17.7. The summed E-state index contributed by atoms with van der Waals surface area (Å²) in [5.41, 5.74) is 3.31. The van der Waals surface area contributed by atoms with Crippen LogP contribution in [0.1, 0.15) is 36.7 Å². The summed E-state index contributed by atoms with van der Waals surface area (Å²) >= 11 is 0. The molecule has 0 aliphatic rings. The van der Waals surface area contributed by atoms with Crippen molar-refractivity contribution in [2.75, 3.05) is 17.7 Å². The first-order valence-electron chi connectivity index (χ1n) is 9.84. The van der Waals surface area contributed by atoms with Crippen LogP contribution >= 0.6 is 0 Å². The molecule has 5 heteroatoms. The van der Waals surface area contributed by atoms with Gasteiger partial charge < -0.3 is 15.4 Å². The Morgan fingerprint density at radius 3 is 2.40 bits per heavy atom. The van der Waals surface area contributed by atoms with E-state index in [0.717, 1.165) is 27.6 Å². The Hall–Kier alpha value is -3.60. The van der Waals surface area contributed by atoms with Crippen LogP contribution < -0.4 is 10.6 Å². The number of nitrogens with one attached hydrogen (secondary N) is 2. The van der Waals surface area contributed by atoms with Gasteiger partial charge in [0.15, 0.2) is 0 Å². The summed E-state index contributed by atoms with van der Waals surface area (Å²) in [6.45, 7) is 5.92. The molecular formula is C25H26N2O3. The first-order chi connectivity index (χ1) is 14.4. The number of allylic oxidation sites excluding steroid dienone is 1. The molecule has 0 aliphatic carbocycles. The van der Waals surface area contributed by atoms with Crippen molar-refractivity contribution in [2.24, 2.45) is 0 Å². The second-order valence-electron chi connectivity index (χ2n) is 7.43. The molecule has 0 bridgehead atoms. The van der Waals surface area contributed by atoms with E-state index < -0.39 is 5.97 Å². The summed E-state index contributed by atoms with van der Waals surface area (Å²) in [7, 11) is 1.32. The Bertz CT molecular complexity index is 1120. The maximum absolute atomic E-state index is 12.7. The van der Waals surface area contributed by atoms with E-state index in [2.05, 4.69) is 22.8 Å². The first kappa shape index (κ1) is 21.1. The van der Waals surface area contributed by atoms with Crippen LogP contribution in [0.5, 0.6) is 0 Å². The number of ether oxygens (including phenoxy) is 1. The summed E-state index contributed by atoms with van der Waals surface area (Å²) in [6, 6.07) is 19.6. The van der Waals surface area contributed by atoms with E-state index in [0.29, 0.717) is 11.3 Å². The molecule has 0 aliphatic heterocycles. The van der Waals surface area contributed by atoms with Crippen molar-refractivity contribution in [3.05, 3.63) is 77.9 Å². The van der Waals surface area contributed by atoms with Gasteiger partial charge in [-0.1, -0.05) is 36.4 Å². The van der Waals surface area contributed by atoms with Gasteiger partial charge in [-0.3, -0.25) is 4.79 Å². The van der Waals surface area contributed by atoms with Gasteiger partial charge in [0, 0.05) is 17.8 Å². The maximum Gasteiger partial charge on any atom is 0.339 e. The van der Waals surface area contributed by atoms with Crippen LogP contribution in [-0.2, 0) is 9.53 Å². The number of esters is 1. The van der Waals surface area contributed by atoms with Crippen molar-refractivity contribution in [1.29, 1.82) is 0 Å². The van der Waals surface area contributed by atoms with Crippen molar-refractivity contribution in [3.63, 3.8) is 0 Å². The molecule has 0 fully saturated rings. The fourth-order valence-corrected chi connectivity index (χ4v) is 3.24. The number of carbonyl (C=O) groups excluding carboxylic acids is 2. The minimum atomic E-state index is -0.503. The monoisotopic (exact) mass is 402 g/mol. The SMILES string of the molecule is COC(=O)c1ccc(NC(C)C)cc1NC(=O)/C=C(/C)c1ccc2ccccc2c1. The van der Waals surface area contributed by atoms with Gasteiger partial charge in [-0.2, -0.15) is 0 Å². The highest BCUT2D eigenvalue weighted by atomic mass is 16.5. The Labute approximate surface area is 176 Å². The Balaban J connectivity index is 1.86. The average molecular weight is 402 g/mol. The Morgan fingerprint density at radius 1 is 0.967 bits per heavy atom. The molecule has 3 aromatic carbocycles. The predicted octanol–water partition coefficient (Wildman–Crippen LogP) is 5.49. The maximum atomic E-state index is 12.7. The van der Waals surface area contributed by atoms with Gasteiger partial charge in [0.25, 0.3) is 0 Å². The normalized spacial score (nSPS) is 11.4. The van der Waals surface area contributed by atoms with Crippen molar-refractivity contribution in [2.45, 2.75) is 26.8 Å². The van der Waals surface area contributed by atoms with Gasteiger partial charge in [-0.05, 0) is 66.9 Å². The summed E-state index contributed by atoms with van der Waals surface area (Å²) in [5, 5.41) is 8.35. The molecule has 0 unspecified atom stereocenters. The summed E-state index contributed by atoms with van der Waals surface area (Å²) in [5.74, 6) is -0.816. The zero-order chi connectivity index (χ0) is 21.7. The second kappa shape index (κ2) is 9.27. The van der Waals surface area contributed by atoms with Gasteiger partial charge in [0.1, 0.15) is 0 Å². The standard InChI is InChI=1S/C25H26N2O3/c1-16(2)26-21-11-12-22(25(29)30-4)23(15-21)27-24(28)13-17(3)19-10-9-18-7-5-6-8-20(18)14-19/h5-16,26H,1-4H3,(H,27,28)/b17-13-. The topological polar surface area (TPSA) is 67.4 Å². The van der Waals surface area contributed by atoms with Crippen LogP contribution in [0, 0.1) is 0 Å². The van der Waals surface area contributed by atoms with E-state index in [1.807, 2.05) is 51.1 Å². The molecule has 0 saturated carbocycles.